The van der Waals surface area contributed by atoms with Crippen LogP contribution in [0.2, 0.25) is 0 Å². The number of nitrogens with two attached hydrogens (primary N) is 1. The lowest BCUT2D eigenvalue weighted by Crippen LogP contribution is -2.22. The summed E-state index contributed by atoms with van der Waals surface area (Å²) in [5.74, 6) is -0.0898. The van der Waals surface area contributed by atoms with E-state index >= 15 is 0 Å². The van der Waals surface area contributed by atoms with E-state index in [-0.39, 0.29) is 11.8 Å². The van der Waals surface area contributed by atoms with E-state index in [1.165, 1.54) is 0 Å². The highest BCUT2D eigenvalue weighted by molar-refractivity contribution is 5.92. The van der Waals surface area contributed by atoms with E-state index in [1.807, 2.05) is 37.3 Å². The second-order valence-corrected chi connectivity index (χ2v) is 4.52. The maximum Gasteiger partial charge on any atom is 0.227 e. The van der Waals surface area contributed by atoms with Crippen molar-refractivity contribution in [1.29, 1.82) is 0 Å². The van der Waals surface area contributed by atoms with Crippen LogP contribution in [0.5, 0.6) is 0 Å². The van der Waals surface area contributed by atoms with Crippen LogP contribution in [0, 0.1) is 5.92 Å². The molecule has 2 rings (SSSR count). The number of hydrogen-bond donors (Lipinski definition) is 3. The molecule has 0 saturated heterocycles. The molecule has 1 aromatic carbocycles. The number of carbonyl (C=O) groups is 1. The first-order chi connectivity index (χ1) is 9.20. The van der Waals surface area contributed by atoms with Crippen molar-refractivity contribution < 1.29 is 4.79 Å². The van der Waals surface area contributed by atoms with E-state index in [9.17, 15) is 4.79 Å². The summed E-state index contributed by atoms with van der Waals surface area (Å²) < 4.78 is 0. The van der Waals surface area contributed by atoms with E-state index < -0.39 is 0 Å². The highest BCUT2D eigenvalue weighted by Crippen LogP contribution is 2.20. The Morgan fingerprint density at radius 1 is 1.47 bits per heavy atom. The van der Waals surface area contributed by atoms with Crippen molar-refractivity contribution in [2.75, 3.05) is 11.9 Å². The Balaban J connectivity index is 2.09. The van der Waals surface area contributed by atoms with Gasteiger partial charge < -0.3 is 11.1 Å². The van der Waals surface area contributed by atoms with Crippen molar-refractivity contribution in [1.82, 2.24) is 10.2 Å². The Kier molecular flexibility index (Phi) is 4.30. The summed E-state index contributed by atoms with van der Waals surface area (Å²) in [6.07, 6.45) is 2.38. The molecular formula is C14H18N4O. The average molecular weight is 258 g/mol. The Morgan fingerprint density at radius 3 is 3.00 bits per heavy atom. The minimum Gasteiger partial charge on any atom is -0.330 e. The number of aromatic amines is 1. The molecule has 1 amide bonds. The number of anilines is 1. The SMILES string of the molecule is CC(CCN)C(=O)Nc1cccc(-c2ccn[nH]2)c1. The van der Waals surface area contributed by atoms with Crippen LogP contribution in [0.15, 0.2) is 36.5 Å². The van der Waals surface area contributed by atoms with E-state index in [0.29, 0.717) is 13.0 Å². The van der Waals surface area contributed by atoms with Crippen LogP contribution in [-0.4, -0.2) is 22.6 Å². The number of nitrogens with one attached hydrogen (secondary N) is 2. The zero-order valence-electron chi connectivity index (χ0n) is 10.9. The fraction of sp³-hybridized carbons (Fsp3) is 0.286. The second kappa shape index (κ2) is 6.15. The first-order valence-electron chi connectivity index (χ1n) is 6.31. The summed E-state index contributed by atoms with van der Waals surface area (Å²) in [5, 5.41) is 9.71. The standard InChI is InChI=1S/C14H18N4O/c1-10(5-7-15)14(19)17-12-4-2-3-11(9-12)13-6-8-16-18-13/h2-4,6,8-10H,5,7,15H2,1H3,(H,16,18)(H,17,19). The molecule has 100 valence electrons. The Morgan fingerprint density at radius 2 is 2.32 bits per heavy atom. The molecule has 19 heavy (non-hydrogen) atoms. The van der Waals surface area contributed by atoms with Crippen molar-refractivity contribution >= 4 is 11.6 Å². The molecule has 4 N–H and O–H groups in total. The molecule has 0 bridgehead atoms. The fourth-order valence-electron chi connectivity index (χ4n) is 1.83. The van der Waals surface area contributed by atoms with Crippen LogP contribution in [0.3, 0.4) is 0 Å². The molecule has 0 fully saturated rings. The van der Waals surface area contributed by atoms with Crippen molar-refractivity contribution in [3.8, 4) is 11.3 Å². The molecule has 2 aromatic rings. The fourth-order valence-corrected chi connectivity index (χ4v) is 1.83. The number of amides is 1. The monoisotopic (exact) mass is 258 g/mol. The predicted octanol–water partition coefficient (Wildman–Crippen LogP) is 2.00. The third-order valence-electron chi connectivity index (χ3n) is 2.99. The van der Waals surface area contributed by atoms with Gasteiger partial charge in [-0.05, 0) is 31.2 Å². The third kappa shape index (κ3) is 3.42. The van der Waals surface area contributed by atoms with Gasteiger partial charge in [-0.1, -0.05) is 19.1 Å². The minimum absolute atomic E-state index is 0.00721. The highest BCUT2D eigenvalue weighted by atomic mass is 16.1. The summed E-state index contributed by atoms with van der Waals surface area (Å²) in [5.41, 5.74) is 8.15. The quantitative estimate of drug-likeness (QED) is 0.767. The first kappa shape index (κ1) is 13.3. The van der Waals surface area contributed by atoms with Gasteiger partial charge in [-0.3, -0.25) is 9.89 Å². The van der Waals surface area contributed by atoms with Gasteiger partial charge in [0.2, 0.25) is 5.91 Å². The van der Waals surface area contributed by atoms with Crippen LogP contribution < -0.4 is 11.1 Å². The topological polar surface area (TPSA) is 83.8 Å². The van der Waals surface area contributed by atoms with Crippen LogP contribution in [0.1, 0.15) is 13.3 Å². The minimum atomic E-state index is -0.0826. The van der Waals surface area contributed by atoms with Gasteiger partial charge in [-0.15, -0.1) is 0 Å². The van der Waals surface area contributed by atoms with Crippen molar-refractivity contribution in [2.24, 2.45) is 11.7 Å². The summed E-state index contributed by atoms with van der Waals surface area (Å²) in [7, 11) is 0. The zero-order valence-corrected chi connectivity index (χ0v) is 10.9. The van der Waals surface area contributed by atoms with Gasteiger partial charge in [-0.2, -0.15) is 5.10 Å². The molecule has 1 heterocycles. The van der Waals surface area contributed by atoms with Crippen LogP contribution >= 0.6 is 0 Å². The molecule has 5 nitrogen and oxygen atoms in total. The van der Waals surface area contributed by atoms with Gasteiger partial charge in [-0.25, -0.2) is 0 Å². The van der Waals surface area contributed by atoms with Gasteiger partial charge in [0, 0.05) is 23.4 Å². The first-order valence-corrected chi connectivity index (χ1v) is 6.31. The van der Waals surface area contributed by atoms with E-state index in [0.717, 1.165) is 16.9 Å². The molecular weight excluding hydrogens is 240 g/mol. The van der Waals surface area contributed by atoms with Crippen LogP contribution in [0.25, 0.3) is 11.3 Å². The lowest BCUT2D eigenvalue weighted by molar-refractivity contribution is -0.119. The number of nitrogens with zero attached hydrogens (tertiary/aromatic N) is 1. The molecule has 0 aliphatic heterocycles. The van der Waals surface area contributed by atoms with Crippen LogP contribution in [0.4, 0.5) is 5.69 Å². The van der Waals surface area contributed by atoms with Gasteiger partial charge >= 0.3 is 0 Å². The highest BCUT2D eigenvalue weighted by Gasteiger charge is 2.12. The number of rotatable bonds is 5. The lowest BCUT2D eigenvalue weighted by Gasteiger charge is -2.11. The lowest BCUT2D eigenvalue weighted by atomic mass is 10.1. The molecule has 0 spiro atoms. The van der Waals surface area contributed by atoms with E-state index in [4.69, 9.17) is 5.73 Å². The maximum absolute atomic E-state index is 11.9. The summed E-state index contributed by atoms with van der Waals surface area (Å²) in [6.45, 7) is 2.39. The Hall–Kier alpha value is -2.14. The summed E-state index contributed by atoms with van der Waals surface area (Å²) >= 11 is 0. The number of H-pyrrole nitrogens is 1. The maximum atomic E-state index is 11.9. The molecule has 5 heteroatoms. The van der Waals surface area contributed by atoms with E-state index in [1.54, 1.807) is 6.20 Å². The van der Waals surface area contributed by atoms with Crippen LogP contribution in [-0.2, 0) is 4.79 Å². The van der Waals surface area contributed by atoms with Gasteiger partial charge in [0.15, 0.2) is 0 Å². The third-order valence-corrected chi connectivity index (χ3v) is 2.99. The predicted molar refractivity (Wildman–Crippen MR) is 75.5 cm³/mol. The number of carbonyl (C=O) groups excluding carboxylic acids is 1. The molecule has 1 aromatic heterocycles. The molecule has 1 atom stereocenters. The number of benzene rings is 1. The largest absolute Gasteiger partial charge is 0.330 e. The smallest absolute Gasteiger partial charge is 0.227 e. The normalized spacial score (nSPS) is 12.1. The number of aromatic nitrogens is 2. The van der Waals surface area contributed by atoms with Gasteiger partial charge in [0.25, 0.3) is 0 Å². The van der Waals surface area contributed by atoms with Gasteiger partial charge in [0.1, 0.15) is 0 Å². The van der Waals surface area contributed by atoms with Crippen molar-refractivity contribution in [2.45, 2.75) is 13.3 Å². The Labute approximate surface area is 112 Å². The Bertz CT molecular complexity index is 536. The van der Waals surface area contributed by atoms with Gasteiger partial charge in [0.05, 0.1) is 5.69 Å². The summed E-state index contributed by atoms with van der Waals surface area (Å²) in [6, 6.07) is 9.54. The van der Waals surface area contributed by atoms with E-state index in [2.05, 4.69) is 15.5 Å². The molecule has 0 aliphatic carbocycles. The average Bonchev–Trinajstić information content (AvgIpc) is 2.93. The van der Waals surface area contributed by atoms with Crippen molar-refractivity contribution in [3.63, 3.8) is 0 Å². The number of hydrogen-bond acceptors (Lipinski definition) is 3. The molecule has 0 radical (unpaired) electrons. The van der Waals surface area contributed by atoms with Crippen molar-refractivity contribution in [3.05, 3.63) is 36.5 Å². The summed E-state index contributed by atoms with van der Waals surface area (Å²) in [4.78, 5) is 11.9. The second-order valence-electron chi connectivity index (χ2n) is 4.52. The molecule has 0 saturated carbocycles. The zero-order chi connectivity index (χ0) is 13.7. The molecule has 0 aliphatic rings. The molecule has 1 unspecified atom stereocenters.